The summed E-state index contributed by atoms with van der Waals surface area (Å²) >= 11 is 1.33. The fourth-order valence-electron chi connectivity index (χ4n) is 2.20. The lowest BCUT2D eigenvalue weighted by Gasteiger charge is -2.32. The highest BCUT2D eigenvalue weighted by Gasteiger charge is 2.51. The van der Waals surface area contributed by atoms with E-state index in [9.17, 15) is 4.39 Å². The Bertz CT molecular complexity index is 716. The number of nitrogens with zero attached hydrogens (tertiary/aromatic N) is 1. The number of rotatable bonds is 3. The molecular formula is C16H19BFNO3S. The van der Waals surface area contributed by atoms with Crippen molar-refractivity contribution >= 4 is 23.9 Å². The highest BCUT2D eigenvalue weighted by Crippen LogP contribution is 2.36. The number of hydrogen-bond acceptors (Lipinski definition) is 5. The van der Waals surface area contributed by atoms with Crippen LogP contribution in [0, 0.1) is 12.7 Å². The van der Waals surface area contributed by atoms with E-state index in [-0.39, 0.29) is 5.75 Å². The van der Waals surface area contributed by atoms with Crippen molar-refractivity contribution in [3.05, 3.63) is 35.1 Å². The van der Waals surface area contributed by atoms with Crippen LogP contribution in [0.4, 0.5) is 4.39 Å². The monoisotopic (exact) mass is 335 g/mol. The van der Waals surface area contributed by atoms with E-state index < -0.39 is 24.1 Å². The molecule has 4 nitrogen and oxygen atoms in total. The Kier molecular flexibility index (Phi) is 3.98. The summed E-state index contributed by atoms with van der Waals surface area (Å²) in [5, 5.41) is 2.27. The van der Waals surface area contributed by atoms with Crippen molar-refractivity contribution in [3.63, 3.8) is 0 Å². The van der Waals surface area contributed by atoms with E-state index in [1.165, 1.54) is 17.4 Å². The van der Waals surface area contributed by atoms with Gasteiger partial charge in [-0.05, 0) is 52.2 Å². The van der Waals surface area contributed by atoms with E-state index >= 15 is 0 Å². The molecule has 1 saturated heterocycles. The Morgan fingerprint density at radius 1 is 1.17 bits per heavy atom. The molecule has 1 aromatic heterocycles. The first-order chi connectivity index (χ1) is 10.7. The van der Waals surface area contributed by atoms with Crippen LogP contribution in [0.1, 0.15) is 33.4 Å². The van der Waals surface area contributed by atoms with E-state index in [1.807, 2.05) is 40.0 Å². The van der Waals surface area contributed by atoms with Crippen LogP contribution in [0.25, 0.3) is 0 Å². The average molecular weight is 335 g/mol. The van der Waals surface area contributed by atoms with E-state index in [1.54, 1.807) is 12.1 Å². The predicted molar refractivity (Wildman–Crippen MR) is 89.0 cm³/mol. The number of hydrogen-bond donors (Lipinski definition) is 0. The molecule has 1 aliphatic rings. The average Bonchev–Trinajstić information content (AvgIpc) is 2.93. The van der Waals surface area contributed by atoms with Crippen LogP contribution in [-0.2, 0) is 9.31 Å². The smallest absolute Gasteiger partial charge is 0.428 e. The molecule has 0 saturated carbocycles. The summed E-state index contributed by atoms with van der Waals surface area (Å²) in [6.07, 6.45) is 0. The SMILES string of the molecule is Cc1csc(Oc2ccc(B3OC(C)(C)C(C)(C)O3)cc2F)n1. The van der Waals surface area contributed by atoms with Crippen molar-refractivity contribution < 1.29 is 18.4 Å². The third-order valence-electron chi connectivity index (χ3n) is 4.28. The number of thiazole rings is 1. The molecule has 0 unspecified atom stereocenters. The number of benzene rings is 1. The van der Waals surface area contributed by atoms with Crippen LogP contribution in [0.15, 0.2) is 23.6 Å². The highest BCUT2D eigenvalue weighted by atomic mass is 32.1. The molecule has 0 radical (unpaired) electrons. The highest BCUT2D eigenvalue weighted by molar-refractivity contribution is 7.11. The van der Waals surface area contributed by atoms with E-state index in [2.05, 4.69) is 4.98 Å². The quantitative estimate of drug-likeness (QED) is 0.803. The molecule has 3 rings (SSSR count). The van der Waals surface area contributed by atoms with Gasteiger partial charge in [0.1, 0.15) is 0 Å². The molecule has 2 aromatic rings. The van der Waals surface area contributed by atoms with Crippen molar-refractivity contribution in [2.75, 3.05) is 0 Å². The van der Waals surface area contributed by atoms with Gasteiger partial charge in [0.15, 0.2) is 11.6 Å². The third-order valence-corrected chi connectivity index (χ3v) is 5.11. The summed E-state index contributed by atoms with van der Waals surface area (Å²) in [7, 11) is -0.592. The Hall–Kier alpha value is -1.44. The minimum Gasteiger partial charge on any atom is -0.428 e. The number of aryl methyl sites for hydroxylation is 1. The number of aromatic nitrogens is 1. The maximum Gasteiger partial charge on any atom is 0.494 e. The van der Waals surface area contributed by atoms with Crippen LogP contribution < -0.4 is 10.2 Å². The Morgan fingerprint density at radius 3 is 2.35 bits per heavy atom. The predicted octanol–water partition coefficient (Wildman–Crippen LogP) is 3.68. The maximum absolute atomic E-state index is 14.3. The van der Waals surface area contributed by atoms with Crippen LogP contribution >= 0.6 is 11.3 Å². The molecule has 0 aliphatic carbocycles. The molecule has 1 fully saturated rings. The van der Waals surface area contributed by atoms with Crippen molar-refractivity contribution in [2.24, 2.45) is 0 Å². The van der Waals surface area contributed by atoms with Gasteiger partial charge in [0.05, 0.1) is 16.9 Å². The second kappa shape index (κ2) is 5.58. The summed E-state index contributed by atoms with van der Waals surface area (Å²) in [6, 6.07) is 4.71. The van der Waals surface area contributed by atoms with E-state index in [0.29, 0.717) is 10.7 Å². The molecule has 0 N–H and O–H groups in total. The van der Waals surface area contributed by atoms with Crippen molar-refractivity contribution in [1.82, 2.24) is 4.98 Å². The molecule has 1 aliphatic heterocycles. The molecule has 0 spiro atoms. The zero-order valence-electron chi connectivity index (χ0n) is 13.8. The van der Waals surface area contributed by atoms with Crippen molar-refractivity contribution in [2.45, 2.75) is 45.8 Å². The lowest BCUT2D eigenvalue weighted by atomic mass is 9.79. The molecule has 0 atom stereocenters. The maximum atomic E-state index is 14.3. The summed E-state index contributed by atoms with van der Waals surface area (Å²) < 4.78 is 31.7. The molecule has 2 heterocycles. The molecule has 1 aromatic carbocycles. The normalized spacial score (nSPS) is 19.1. The minimum atomic E-state index is -0.592. The molecular weight excluding hydrogens is 316 g/mol. The van der Waals surface area contributed by atoms with Gasteiger partial charge in [0.2, 0.25) is 0 Å². The van der Waals surface area contributed by atoms with Crippen molar-refractivity contribution in [1.29, 1.82) is 0 Å². The number of ether oxygens (including phenoxy) is 1. The summed E-state index contributed by atoms with van der Waals surface area (Å²) in [5.74, 6) is -0.329. The van der Waals surface area contributed by atoms with Gasteiger partial charge in [-0.2, -0.15) is 0 Å². The molecule has 7 heteroatoms. The van der Waals surface area contributed by atoms with Gasteiger partial charge >= 0.3 is 7.12 Å². The van der Waals surface area contributed by atoms with Crippen LogP contribution in [0.5, 0.6) is 10.9 Å². The summed E-state index contributed by atoms with van der Waals surface area (Å²) in [5.41, 5.74) is 0.562. The van der Waals surface area contributed by atoms with Crippen LogP contribution in [-0.4, -0.2) is 23.3 Å². The van der Waals surface area contributed by atoms with Crippen LogP contribution in [0.3, 0.4) is 0 Å². The molecule has 0 bridgehead atoms. The first-order valence-electron chi connectivity index (χ1n) is 7.43. The van der Waals surface area contributed by atoms with Crippen molar-refractivity contribution in [3.8, 4) is 10.9 Å². The first-order valence-corrected chi connectivity index (χ1v) is 8.31. The second-order valence-electron chi connectivity index (χ2n) is 6.63. The fourth-order valence-corrected chi connectivity index (χ4v) is 2.86. The zero-order chi connectivity index (χ0) is 16.8. The summed E-state index contributed by atoms with van der Waals surface area (Å²) in [4.78, 5) is 4.17. The van der Waals surface area contributed by atoms with Gasteiger partial charge in [-0.3, -0.25) is 0 Å². The van der Waals surface area contributed by atoms with E-state index in [0.717, 1.165) is 5.69 Å². The lowest BCUT2D eigenvalue weighted by molar-refractivity contribution is 0.00578. The lowest BCUT2D eigenvalue weighted by Crippen LogP contribution is -2.41. The summed E-state index contributed by atoms with van der Waals surface area (Å²) in [6.45, 7) is 9.72. The topological polar surface area (TPSA) is 40.6 Å². The largest absolute Gasteiger partial charge is 0.494 e. The third kappa shape index (κ3) is 3.13. The van der Waals surface area contributed by atoms with Gasteiger partial charge < -0.3 is 14.0 Å². The van der Waals surface area contributed by atoms with Crippen LogP contribution in [0.2, 0.25) is 0 Å². The fraction of sp³-hybridized carbons (Fsp3) is 0.438. The Labute approximate surface area is 139 Å². The second-order valence-corrected chi connectivity index (χ2v) is 7.46. The Morgan fingerprint density at radius 2 is 1.83 bits per heavy atom. The standard InChI is InChI=1S/C16H19BFNO3S/c1-10-9-23-14(19-10)20-13-7-6-11(8-12(13)18)17-21-15(2,3)16(4,5)22-17/h6-9H,1-5H3. The molecule has 23 heavy (non-hydrogen) atoms. The molecule has 0 amide bonds. The van der Waals surface area contributed by atoms with Gasteiger partial charge in [-0.25, -0.2) is 9.37 Å². The Balaban J connectivity index is 1.80. The van der Waals surface area contributed by atoms with Gasteiger partial charge in [-0.15, -0.1) is 0 Å². The van der Waals surface area contributed by atoms with Gasteiger partial charge in [0, 0.05) is 5.38 Å². The number of halogens is 1. The van der Waals surface area contributed by atoms with E-state index in [4.69, 9.17) is 14.0 Å². The zero-order valence-corrected chi connectivity index (χ0v) is 14.7. The minimum absolute atomic E-state index is 0.139. The molecule has 122 valence electrons. The van der Waals surface area contributed by atoms with Gasteiger partial charge in [0.25, 0.3) is 5.19 Å². The van der Waals surface area contributed by atoms with Gasteiger partial charge in [-0.1, -0.05) is 17.4 Å². The first kappa shape index (κ1) is 16.4.